The number of halogens is 1. The van der Waals surface area contributed by atoms with Crippen LogP contribution in [-0.4, -0.2) is 17.3 Å². The summed E-state index contributed by atoms with van der Waals surface area (Å²) in [5, 5.41) is 9.95. The summed E-state index contributed by atoms with van der Waals surface area (Å²) in [6, 6.07) is 8.00. The summed E-state index contributed by atoms with van der Waals surface area (Å²) in [7, 11) is 0. The first-order valence-corrected chi connectivity index (χ1v) is 6.94. The summed E-state index contributed by atoms with van der Waals surface area (Å²) >= 11 is 2.27. The molecule has 1 aromatic carbocycles. The van der Waals surface area contributed by atoms with Crippen LogP contribution in [-0.2, 0) is 0 Å². The number of ether oxygens (including phenoxy) is 1. The fraction of sp³-hybridized carbons (Fsp3) is 0.538. The van der Waals surface area contributed by atoms with Crippen LogP contribution >= 0.6 is 22.6 Å². The van der Waals surface area contributed by atoms with E-state index in [0.717, 1.165) is 31.4 Å². The lowest BCUT2D eigenvalue weighted by molar-refractivity contribution is 0.0319. The molecule has 1 aliphatic rings. The molecule has 0 heterocycles. The van der Waals surface area contributed by atoms with E-state index in [0.29, 0.717) is 0 Å². The van der Waals surface area contributed by atoms with Gasteiger partial charge in [0.15, 0.2) is 0 Å². The van der Waals surface area contributed by atoms with Crippen LogP contribution in [0, 0.1) is 3.57 Å². The average Bonchev–Trinajstić information content (AvgIpc) is 2.45. The molecule has 3 heteroatoms. The molecule has 1 aromatic rings. The minimum absolute atomic E-state index is 0.0271. The monoisotopic (exact) mass is 332 g/mol. The van der Waals surface area contributed by atoms with Gasteiger partial charge < -0.3 is 9.84 Å². The Morgan fingerprint density at radius 3 is 2.81 bits per heavy atom. The van der Waals surface area contributed by atoms with Crippen molar-refractivity contribution in [3.8, 4) is 5.75 Å². The number of hydrogen-bond donors (Lipinski definition) is 1. The van der Waals surface area contributed by atoms with Crippen molar-refractivity contribution in [2.45, 2.75) is 44.3 Å². The third kappa shape index (κ3) is 3.35. The lowest BCUT2D eigenvalue weighted by Crippen LogP contribution is -2.30. The van der Waals surface area contributed by atoms with Crippen molar-refractivity contribution in [1.82, 2.24) is 0 Å². The SMILES string of the molecule is OC1CCCCCC1Oc1cccc(I)c1. The maximum absolute atomic E-state index is 9.95. The molecular formula is C13H17IO2. The summed E-state index contributed by atoms with van der Waals surface area (Å²) in [4.78, 5) is 0. The van der Waals surface area contributed by atoms with E-state index in [2.05, 4.69) is 22.6 Å². The second-order valence-electron chi connectivity index (χ2n) is 4.32. The van der Waals surface area contributed by atoms with Crippen LogP contribution in [0.15, 0.2) is 24.3 Å². The zero-order valence-electron chi connectivity index (χ0n) is 9.23. The fourth-order valence-electron chi connectivity index (χ4n) is 2.11. The summed E-state index contributed by atoms with van der Waals surface area (Å²) in [6.07, 6.45) is 4.99. The van der Waals surface area contributed by atoms with Gasteiger partial charge in [0.25, 0.3) is 0 Å². The van der Waals surface area contributed by atoms with Gasteiger partial charge in [0.05, 0.1) is 6.10 Å². The van der Waals surface area contributed by atoms with Gasteiger partial charge in [0.1, 0.15) is 11.9 Å². The Hall–Kier alpha value is -0.290. The minimum Gasteiger partial charge on any atom is -0.488 e. The Morgan fingerprint density at radius 2 is 2.00 bits per heavy atom. The molecule has 1 N–H and O–H groups in total. The topological polar surface area (TPSA) is 29.5 Å². The lowest BCUT2D eigenvalue weighted by Gasteiger charge is -2.22. The van der Waals surface area contributed by atoms with Crippen molar-refractivity contribution < 1.29 is 9.84 Å². The van der Waals surface area contributed by atoms with Crippen LogP contribution in [0.2, 0.25) is 0 Å². The molecule has 0 amide bonds. The van der Waals surface area contributed by atoms with Crippen LogP contribution in [0.4, 0.5) is 0 Å². The summed E-state index contributed by atoms with van der Waals surface area (Å²) in [5.41, 5.74) is 0. The van der Waals surface area contributed by atoms with E-state index in [1.165, 1.54) is 9.99 Å². The van der Waals surface area contributed by atoms with Gasteiger partial charge in [-0.25, -0.2) is 0 Å². The lowest BCUT2D eigenvalue weighted by atomic mass is 10.1. The Kier molecular flexibility index (Phi) is 4.46. The highest BCUT2D eigenvalue weighted by Crippen LogP contribution is 2.24. The second-order valence-corrected chi connectivity index (χ2v) is 5.56. The molecule has 2 rings (SSSR count). The molecule has 2 nitrogen and oxygen atoms in total. The van der Waals surface area contributed by atoms with Crippen LogP contribution in [0.5, 0.6) is 5.75 Å². The first-order valence-electron chi connectivity index (χ1n) is 5.86. The predicted molar refractivity (Wildman–Crippen MR) is 72.7 cm³/mol. The second kappa shape index (κ2) is 5.87. The molecule has 0 aliphatic heterocycles. The van der Waals surface area contributed by atoms with Crippen molar-refractivity contribution in [2.75, 3.05) is 0 Å². The molecule has 0 aromatic heterocycles. The molecule has 2 atom stereocenters. The van der Waals surface area contributed by atoms with Crippen molar-refractivity contribution >= 4 is 22.6 Å². The van der Waals surface area contributed by atoms with Gasteiger partial charge in [-0.2, -0.15) is 0 Å². The average molecular weight is 332 g/mol. The largest absolute Gasteiger partial charge is 0.488 e. The molecule has 16 heavy (non-hydrogen) atoms. The molecule has 0 bridgehead atoms. The van der Waals surface area contributed by atoms with Crippen LogP contribution < -0.4 is 4.74 Å². The zero-order chi connectivity index (χ0) is 11.4. The molecule has 0 radical (unpaired) electrons. The van der Waals surface area contributed by atoms with Crippen LogP contribution in [0.3, 0.4) is 0 Å². The van der Waals surface area contributed by atoms with E-state index in [4.69, 9.17) is 4.74 Å². The predicted octanol–water partition coefficient (Wildman–Crippen LogP) is 3.36. The van der Waals surface area contributed by atoms with Gasteiger partial charge >= 0.3 is 0 Å². The fourth-order valence-corrected chi connectivity index (χ4v) is 2.62. The third-order valence-electron chi connectivity index (χ3n) is 3.00. The molecule has 0 spiro atoms. The van der Waals surface area contributed by atoms with Gasteiger partial charge in [-0.1, -0.05) is 18.9 Å². The van der Waals surface area contributed by atoms with Gasteiger partial charge in [0.2, 0.25) is 0 Å². The summed E-state index contributed by atoms with van der Waals surface area (Å²) < 4.78 is 7.04. The molecule has 2 unspecified atom stereocenters. The quantitative estimate of drug-likeness (QED) is 0.665. The number of rotatable bonds is 2. The number of hydrogen-bond acceptors (Lipinski definition) is 2. The van der Waals surface area contributed by atoms with Crippen molar-refractivity contribution in [3.63, 3.8) is 0 Å². The number of aliphatic hydroxyl groups is 1. The van der Waals surface area contributed by atoms with E-state index in [9.17, 15) is 5.11 Å². The summed E-state index contributed by atoms with van der Waals surface area (Å²) in [6.45, 7) is 0. The molecule has 0 saturated heterocycles. The first-order chi connectivity index (χ1) is 7.75. The van der Waals surface area contributed by atoms with Crippen molar-refractivity contribution in [3.05, 3.63) is 27.8 Å². The van der Waals surface area contributed by atoms with E-state index < -0.39 is 0 Å². The van der Waals surface area contributed by atoms with E-state index in [1.54, 1.807) is 0 Å². The van der Waals surface area contributed by atoms with E-state index >= 15 is 0 Å². The van der Waals surface area contributed by atoms with Crippen LogP contribution in [0.25, 0.3) is 0 Å². The highest BCUT2D eigenvalue weighted by molar-refractivity contribution is 14.1. The number of aliphatic hydroxyl groups excluding tert-OH is 1. The molecule has 1 fully saturated rings. The van der Waals surface area contributed by atoms with E-state index in [1.807, 2.05) is 24.3 Å². The Bertz CT molecular complexity index is 340. The first kappa shape index (κ1) is 12.2. The standard InChI is InChI=1S/C13H17IO2/c14-10-5-4-6-11(9-10)16-13-8-3-1-2-7-12(13)15/h4-6,9,12-13,15H,1-3,7-8H2. The molecule has 1 aliphatic carbocycles. The third-order valence-corrected chi connectivity index (χ3v) is 3.67. The maximum atomic E-state index is 9.95. The molecular weight excluding hydrogens is 315 g/mol. The van der Waals surface area contributed by atoms with Gasteiger partial charge in [-0.3, -0.25) is 0 Å². The zero-order valence-corrected chi connectivity index (χ0v) is 11.4. The Labute approximate surface area is 110 Å². The minimum atomic E-state index is -0.305. The maximum Gasteiger partial charge on any atom is 0.124 e. The van der Waals surface area contributed by atoms with E-state index in [-0.39, 0.29) is 12.2 Å². The van der Waals surface area contributed by atoms with Crippen molar-refractivity contribution in [1.29, 1.82) is 0 Å². The normalized spacial score (nSPS) is 26.1. The van der Waals surface area contributed by atoms with Gasteiger partial charge in [0, 0.05) is 3.57 Å². The Morgan fingerprint density at radius 1 is 1.19 bits per heavy atom. The Balaban J connectivity index is 2.02. The van der Waals surface area contributed by atoms with Crippen LogP contribution in [0.1, 0.15) is 32.1 Å². The summed E-state index contributed by atoms with van der Waals surface area (Å²) in [5.74, 6) is 0.873. The van der Waals surface area contributed by atoms with Gasteiger partial charge in [-0.15, -0.1) is 0 Å². The van der Waals surface area contributed by atoms with Gasteiger partial charge in [-0.05, 0) is 60.1 Å². The smallest absolute Gasteiger partial charge is 0.124 e. The highest BCUT2D eigenvalue weighted by atomic mass is 127. The molecule has 88 valence electrons. The molecule has 1 saturated carbocycles. The highest BCUT2D eigenvalue weighted by Gasteiger charge is 2.23. The van der Waals surface area contributed by atoms with Crippen molar-refractivity contribution in [2.24, 2.45) is 0 Å². The number of benzene rings is 1.